The van der Waals surface area contributed by atoms with Gasteiger partial charge in [-0.2, -0.15) is 0 Å². The molecule has 1 fully saturated rings. The first kappa shape index (κ1) is 19.8. The number of nitrogens with zero attached hydrogens (tertiary/aromatic N) is 1. The number of fused-ring (bicyclic) bond motifs is 1. The highest BCUT2D eigenvalue weighted by Crippen LogP contribution is 2.32. The van der Waals surface area contributed by atoms with Crippen molar-refractivity contribution in [2.75, 3.05) is 19.5 Å². The van der Waals surface area contributed by atoms with Crippen LogP contribution in [0, 0.1) is 0 Å². The third-order valence-electron chi connectivity index (χ3n) is 5.15. The average Bonchev–Trinajstić information content (AvgIpc) is 3.33. The molecule has 6 nitrogen and oxygen atoms in total. The van der Waals surface area contributed by atoms with Gasteiger partial charge in [-0.25, -0.2) is 4.98 Å². The second-order valence-corrected chi connectivity index (χ2v) is 8.40. The van der Waals surface area contributed by atoms with Crippen molar-refractivity contribution in [1.82, 2.24) is 10.3 Å². The van der Waals surface area contributed by atoms with E-state index >= 15 is 0 Å². The largest absolute Gasteiger partial charge is 0.496 e. The molecule has 4 rings (SSSR count). The lowest BCUT2D eigenvalue weighted by molar-refractivity contribution is 0.0929. The van der Waals surface area contributed by atoms with Crippen molar-refractivity contribution >= 4 is 44.2 Å². The third-order valence-corrected chi connectivity index (χ3v) is 6.35. The number of nitrogens with one attached hydrogen (secondary N) is 2. The molecule has 2 atom stereocenters. The Bertz CT molecular complexity index is 1020. The Labute approximate surface area is 178 Å². The van der Waals surface area contributed by atoms with E-state index in [0.717, 1.165) is 34.6 Å². The minimum absolute atomic E-state index is 0.00674. The topological polar surface area (TPSA) is 72.5 Å². The van der Waals surface area contributed by atoms with Crippen LogP contribution in [0.4, 0.5) is 5.13 Å². The van der Waals surface area contributed by atoms with Crippen LogP contribution in [0.25, 0.3) is 10.2 Å². The lowest BCUT2D eigenvalue weighted by Crippen LogP contribution is -2.43. The predicted octanol–water partition coefficient (Wildman–Crippen LogP) is 4.73. The molecular weight excluding hydrogens is 410 g/mol. The molecule has 0 saturated heterocycles. The first-order valence-electron chi connectivity index (χ1n) is 9.43. The second-order valence-electron chi connectivity index (χ2n) is 6.93. The molecule has 1 aromatic heterocycles. The summed E-state index contributed by atoms with van der Waals surface area (Å²) in [5.74, 6) is 0.786. The Hall–Kier alpha value is -2.51. The fourth-order valence-electron chi connectivity index (χ4n) is 3.74. The monoisotopic (exact) mass is 431 g/mol. The van der Waals surface area contributed by atoms with E-state index in [2.05, 4.69) is 15.6 Å². The molecule has 0 bridgehead atoms. The zero-order valence-corrected chi connectivity index (χ0v) is 17.8. The zero-order valence-electron chi connectivity index (χ0n) is 16.2. The molecule has 1 aliphatic rings. The van der Waals surface area contributed by atoms with Gasteiger partial charge in [-0.1, -0.05) is 29.0 Å². The molecule has 8 heteroatoms. The summed E-state index contributed by atoms with van der Waals surface area (Å²) in [6, 6.07) is 11.1. The molecule has 1 amide bonds. The number of hydrogen-bond donors (Lipinski definition) is 2. The lowest BCUT2D eigenvalue weighted by atomic mass is 10.1. The normalized spacial score (nSPS) is 18.6. The number of aromatic nitrogens is 1. The minimum atomic E-state index is -0.200. The number of carbonyl (C=O) groups excluding carboxylic acids is 1. The van der Waals surface area contributed by atoms with Crippen LogP contribution in [0.15, 0.2) is 36.4 Å². The van der Waals surface area contributed by atoms with E-state index in [-0.39, 0.29) is 18.0 Å². The van der Waals surface area contributed by atoms with Crippen LogP contribution in [-0.2, 0) is 0 Å². The van der Waals surface area contributed by atoms with Gasteiger partial charge < -0.3 is 20.1 Å². The summed E-state index contributed by atoms with van der Waals surface area (Å²) in [6.45, 7) is 0. The number of anilines is 1. The number of carbonyl (C=O) groups is 1. The van der Waals surface area contributed by atoms with Crippen LogP contribution < -0.4 is 20.1 Å². The number of ether oxygens (including phenoxy) is 2. The molecule has 0 unspecified atom stereocenters. The number of thiazole rings is 1. The number of rotatable bonds is 6. The maximum atomic E-state index is 13.0. The fraction of sp³-hybridized carbons (Fsp3) is 0.333. The molecule has 0 spiro atoms. The van der Waals surface area contributed by atoms with Crippen LogP contribution in [0.5, 0.6) is 11.5 Å². The number of benzene rings is 2. The smallest absolute Gasteiger partial charge is 0.259 e. The molecule has 2 N–H and O–H groups in total. The Kier molecular flexibility index (Phi) is 5.78. The Balaban J connectivity index is 1.51. The molecule has 1 aliphatic carbocycles. The van der Waals surface area contributed by atoms with Gasteiger partial charge in [0.2, 0.25) is 0 Å². The van der Waals surface area contributed by atoms with Gasteiger partial charge in [0.1, 0.15) is 17.1 Å². The zero-order chi connectivity index (χ0) is 20.4. The van der Waals surface area contributed by atoms with Gasteiger partial charge in [0, 0.05) is 17.1 Å². The van der Waals surface area contributed by atoms with Crippen molar-refractivity contribution in [2.45, 2.75) is 31.3 Å². The van der Waals surface area contributed by atoms with Crippen molar-refractivity contribution in [3.05, 3.63) is 47.0 Å². The number of amides is 1. The van der Waals surface area contributed by atoms with Gasteiger partial charge >= 0.3 is 0 Å². The standard InChI is InChI=1S/C21H22ClN3O3S/c1-27-16-7-4-8-17(28-2)19(16)20(26)23-13-5-3-6-14(13)24-21-25-15-11-12(22)9-10-18(15)29-21/h4,7-11,13-14H,3,5-6H2,1-2H3,(H,23,26)(H,24,25)/t13-,14+/m1/s1. The van der Waals surface area contributed by atoms with E-state index < -0.39 is 0 Å². The maximum absolute atomic E-state index is 13.0. The molecular formula is C21H22ClN3O3S. The van der Waals surface area contributed by atoms with E-state index in [1.807, 2.05) is 18.2 Å². The van der Waals surface area contributed by atoms with Crippen molar-refractivity contribution in [3.63, 3.8) is 0 Å². The van der Waals surface area contributed by atoms with Crippen LogP contribution in [-0.4, -0.2) is 37.2 Å². The van der Waals surface area contributed by atoms with Gasteiger partial charge in [0.05, 0.1) is 24.4 Å². The summed E-state index contributed by atoms with van der Waals surface area (Å²) in [7, 11) is 3.09. The van der Waals surface area contributed by atoms with Crippen LogP contribution in [0.2, 0.25) is 5.02 Å². The number of methoxy groups -OCH3 is 2. The summed E-state index contributed by atoms with van der Waals surface area (Å²) in [6.07, 6.45) is 2.89. The Morgan fingerprint density at radius 2 is 1.86 bits per heavy atom. The third kappa shape index (κ3) is 4.11. The molecule has 2 aromatic carbocycles. The van der Waals surface area contributed by atoms with Gasteiger partial charge in [0.15, 0.2) is 5.13 Å². The Morgan fingerprint density at radius 3 is 2.59 bits per heavy atom. The fourth-order valence-corrected chi connectivity index (χ4v) is 4.82. The van der Waals surface area contributed by atoms with E-state index in [1.54, 1.807) is 43.8 Å². The summed E-state index contributed by atoms with van der Waals surface area (Å²) >= 11 is 7.65. The summed E-state index contributed by atoms with van der Waals surface area (Å²) in [4.78, 5) is 17.6. The minimum Gasteiger partial charge on any atom is -0.496 e. The van der Waals surface area contributed by atoms with E-state index in [4.69, 9.17) is 21.1 Å². The highest BCUT2D eigenvalue weighted by molar-refractivity contribution is 7.22. The predicted molar refractivity (Wildman–Crippen MR) is 117 cm³/mol. The van der Waals surface area contributed by atoms with Crippen LogP contribution >= 0.6 is 22.9 Å². The van der Waals surface area contributed by atoms with Crippen molar-refractivity contribution in [3.8, 4) is 11.5 Å². The van der Waals surface area contributed by atoms with Crippen molar-refractivity contribution < 1.29 is 14.3 Å². The summed E-state index contributed by atoms with van der Waals surface area (Å²) in [5, 5.41) is 8.16. The second kappa shape index (κ2) is 8.47. The molecule has 152 valence electrons. The van der Waals surface area contributed by atoms with Crippen molar-refractivity contribution in [1.29, 1.82) is 0 Å². The molecule has 0 aliphatic heterocycles. The molecule has 3 aromatic rings. The van der Waals surface area contributed by atoms with Gasteiger partial charge in [-0.05, 0) is 49.6 Å². The van der Waals surface area contributed by atoms with Crippen molar-refractivity contribution in [2.24, 2.45) is 0 Å². The molecule has 29 heavy (non-hydrogen) atoms. The lowest BCUT2D eigenvalue weighted by Gasteiger charge is -2.23. The first-order chi connectivity index (χ1) is 14.1. The van der Waals surface area contributed by atoms with Gasteiger partial charge in [0.25, 0.3) is 5.91 Å². The quantitative estimate of drug-likeness (QED) is 0.590. The van der Waals surface area contributed by atoms with Gasteiger partial charge in [-0.15, -0.1) is 0 Å². The molecule has 1 heterocycles. The molecule has 0 radical (unpaired) electrons. The maximum Gasteiger partial charge on any atom is 0.259 e. The van der Waals surface area contributed by atoms with Gasteiger partial charge in [-0.3, -0.25) is 4.79 Å². The average molecular weight is 432 g/mol. The van der Waals surface area contributed by atoms with E-state index in [1.165, 1.54) is 0 Å². The SMILES string of the molecule is COc1cccc(OC)c1C(=O)N[C@@H]1CCC[C@@H]1Nc1nc2cc(Cl)ccc2s1. The molecule has 1 saturated carbocycles. The number of halogens is 1. The van der Waals surface area contributed by atoms with Crippen LogP contribution in [0.3, 0.4) is 0 Å². The number of hydrogen-bond acceptors (Lipinski definition) is 6. The summed E-state index contributed by atoms with van der Waals surface area (Å²) in [5.41, 5.74) is 1.29. The van der Waals surface area contributed by atoms with E-state index in [9.17, 15) is 4.79 Å². The Morgan fingerprint density at radius 1 is 1.14 bits per heavy atom. The first-order valence-corrected chi connectivity index (χ1v) is 10.6. The highest BCUT2D eigenvalue weighted by atomic mass is 35.5. The van der Waals surface area contributed by atoms with E-state index in [0.29, 0.717) is 22.1 Å². The van der Waals surface area contributed by atoms with Crippen LogP contribution in [0.1, 0.15) is 29.6 Å². The summed E-state index contributed by atoms with van der Waals surface area (Å²) < 4.78 is 11.8. The highest BCUT2D eigenvalue weighted by Gasteiger charge is 2.31.